The number of para-hydroxylation sites is 7. The normalized spacial score (nSPS) is 14.7. The predicted octanol–water partition coefficient (Wildman–Crippen LogP) is 17.9. The first-order valence-electron chi connectivity index (χ1n) is 33.0. The van der Waals surface area contributed by atoms with Crippen LogP contribution in [-0.2, 0) is 5.41 Å². The topological polar surface area (TPSA) is 54.3 Å². The molecule has 1 aliphatic carbocycles. The van der Waals surface area contributed by atoms with E-state index in [9.17, 15) is 0 Å². The van der Waals surface area contributed by atoms with Crippen molar-refractivity contribution >= 4 is 131 Å². The van der Waals surface area contributed by atoms with Crippen molar-refractivity contribution in [2.45, 2.75) is 25.2 Å². The Labute approximate surface area is 548 Å². The summed E-state index contributed by atoms with van der Waals surface area (Å²) >= 11 is 0. The third-order valence-electron chi connectivity index (χ3n) is 21.8. The van der Waals surface area contributed by atoms with Crippen molar-refractivity contribution in [1.82, 2.24) is 13.9 Å². The van der Waals surface area contributed by atoms with Crippen LogP contribution >= 0.6 is 0 Å². The second-order valence-corrected chi connectivity index (χ2v) is 26.8. The lowest BCUT2D eigenvalue weighted by atomic mass is 9.33. The summed E-state index contributed by atoms with van der Waals surface area (Å²) in [6.45, 7) is 4.43. The molecule has 3 aromatic heterocycles. The van der Waals surface area contributed by atoms with Gasteiger partial charge in [0.2, 0.25) is 11.7 Å². The summed E-state index contributed by atoms with van der Waals surface area (Å²) in [5, 5.41) is 1.08. The maximum absolute atomic E-state index is 7.74. The zero-order chi connectivity index (χ0) is 62.1. The maximum Gasteiger partial charge on any atom is 0.339 e. The van der Waals surface area contributed by atoms with E-state index in [0.29, 0.717) is 0 Å². The maximum atomic E-state index is 7.74. The van der Waals surface area contributed by atoms with E-state index < -0.39 is 5.41 Å². The van der Waals surface area contributed by atoms with E-state index in [2.05, 4.69) is 323 Å². The molecule has 13 aromatic carbocycles. The Morgan fingerprint density at radius 3 is 1.81 bits per heavy atom. The Morgan fingerprint density at radius 1 is 0.432 bits per heavy atom. The highest BCUT2D eigenvalue weighted by molar-refractivity contribution is 7.00. The molecular formula is C85H54B2N6O2. The molecule has 95 heavy (non-hydrogen) atoms. The zero-order valence-electron chi connectivity index (χ0n) is 51.9. The largest absolute Gasteiger partial charge is 0.458 e. The van der Waals surface area contributed by atoms with E-state index in [1.807, 2.05) is 0 Å². The smallest absolute Gasteiger partial charge is 0.339 e. The molecule has 8 nitrogen and oxygen atoms in total. The number of benzene rings is 13. The molecule has 8 heterocycles. The lowest BCUT2D eigenvalue weighted by Crippen LogP contribution is -2.61. The number of rotatable bonds is 5. The van der Waals surface area contributed by atoms with Crippen LogP contribution in [0, 0.1) is 0 Å². The molecule has 10 heteroatoms. The molecule has 6 aliphatic rings. The molecule has 0 saturated carbocycles. The standard InChI is InChI=1S/C85H54B2N6O2/c1-85(2)63-36-13-16-39-67(63)91(53-26-7-4-8-27-53)83-76(85)62-49-72-78-81(82(62)95-83)90(52-24-5-3-6-25-52)69-41-18-15-38-65(69)86(78)64-37-14-17-40-68(64)89(72)54-28-19-23-50(47-54)51-45-46-66-74(48-51)94-73-44-22-33-59-60-34-20-43-71-80(60)93(87(66)77(59)73)84-88-79-61(35-21-42-70(79)92(71)84)75-57-31-11-9-29-55(57)56-30-10-12-32-58(56)75/h3-49,75H,1-2H3. The minimum Gasteiger partial charge on any atom is -0.458 e. The Balaban J connectivity index is 0.734. The van der Waals surface area contributed by atoms with Crippen LogP contribution in [0.15, 0.2) is 290 Å². The molecule has 0 spiro atoms. The molecule has 0 unspecified atom stereocenters. The minimum absolute atomic E-state index is 0.0552. The van der Waals surface area contributed by atoms with Crippen LogP contribution in [0.1, 0.15) is 47.6 Å². The number of hydrogen-bond donors (Lipinski definition) is 0. The van der Waals surface area contributed by atoms with Crippen molar-refractivity contribution in [3.8, 4) is 44.9 Å². The highest BCUT2D eigenvalue weighted by atomic mass is 16.5. The number of imidazole rings is 2. The van der Waals surface area contributed by atoms with Crippen molar-refractivity contribution in [2.75, 3.05) is 14.7 Å². The summed E-state index contributed by atoms with van der Waals surface area (Å²) in [5.41, 5.74) is 32.9. The Morgan fingerprint density at radius 2 is 1.03 bits per heavy atom. The van der Waals surface area contributed by atoms with Gasteiger partial charge in [-0.25, -0.2) is 4.98 Å². The van der Waals surface area contributed by atoms with E-state index in [1.165, 1.54) is 66.4 Å². The van der Waals surface area contributed by atoms with Crippen molar-refractivity contribution < 1.29 is 9.15 Å². The number of nitrogens with zero attached hydrogens (tertiary/aromatic N) is 6. The van der Waals surface area contributed by atoms with Gasteiger partial charge in [0.15, 0.2) is 5.58 Å². The van der Waals surface area contributed by atoms with Gasteiger partial charge in [-0.3, -0.25) is 9.30 Å². The fourth-order valence-electron chi connectivity index (χ4n) is 18.0. The Bertz CT molecular complexity index is 6020. The van der Waals surface area contributed by atoms with Crippen LogP contribution in [0.5, 0.6) is 11.5 Å². The molecular weight excluding hydrogens is 1160 g/mol. The Kier molecular flexibility index (Phi) is 10.1. The van der Waals surface area contributed by atoms with E-state index in [-0.39, 0.29) is 19.5 Å². The Hall–Kier alpha value is -12.0. The van der Waals surface area contributed by atoms with Gasteiger partial charge in [0, 0.05) is 67.4 Å². The average Bonchev–Trinajstić information content (AvgIpc) is 1.68. The van der Waals surface area contributed by atoms with Crippen LogP contribution in [0.25, 0.3) is 72.2 Å². The van der Waals surface area contributed by atoms with Crippen molar-refractivity contribution in [3.63, 3.8) is 0 Å². The molecule has 0 amide bonds. The lowest BCUT2D eigenvalue weighted by molar-refractivity contribution is 0.487. The third-order valence-corrected chi connectivity index (χ3v) is 21.8. The number of anilines is 9. The fourth-order valence-corrected chi connectivity index (χ4v) is 18.0. The summed E-state index contributed by atoms with van der Waals surface area (Å²) < 4.78 is 19.9. The van der Waals surface area contributed by atoms with Crippen molar-refractivity contribution in [1.29, 1.82) is 0 Å². The molecule has 22 rings (SSSR count). The number of fused-ring (bicyclic) bond motifs is 21. The lowest BCUT2D eigenvalue weighted by Gasteiger charge is -2.44. The van der Waals surface area contributed by atoms with Gasteiger partial charge in [0.1, 0.15) is 11.5 Å². The molecule has 0 bridgehead atoms. The molecule has 442 valence electrons. The number of aromatic nitrogens is 3. The fraction of sp³-hybridized carbons (Fsp3) is 0.0471. The minimum atomic E-state index is -0.451. The summed E-state index contributed by atoms with van der Waals surface area (Å²) in [7, 11) is 0. The van der Waals surface area contributed by atoms with E-state index in [1.54, 1.807) is 0 Å². The van der Waals surface area contributed by atoms with Gasteiger partial charge in [-0.2, -0.15) is 0 Å². The molecule has 0 saturated heterocycles. The molecule has 0 radical (unpaired) electrons. The quantitative estimate of drug-likeness (QED) is 0.160. The van der Waals surface area contributed by atoms with E-state index >= 15 is 0 Å². The summed E-state index contributed by atoms with van der Waals surface area (Å²) in [4.78, 5) is 13.2. The van der Waals surface area contributed by atoms with Crippen LogP contribution in [0.2, 0.25) is 0 Å². The van der Waals surface area contributed by atoms with Gasteiger partial charge in [0.05, 0.1) is 33.4 Å². The van der Waals surface area contributed by atoms with Gasteiger partial charge in [-0.05, 0) is 157 Å². The van der Waals surface area contributed by atoms with Gasteiger partial charge in [0.25, 0.3) is 6.71 Å². The molecule has 5 aliphatic heterocycles. The zero-order valence-corrected chi connectivity index (χ0v) is 51.9. The average molecular weight is 1210 g/mol. The first kappa shape index (κ1) is 51.6. The number of furan rings is 1. The first-order valence-corrected chi connectivity index (χ1v) is 33.0. The molecule has 0 N–H and O–H groups in total. The molecule has 0 fully saturated rings. The van der Waals surface area contributed by atoms with Gasteiger partial charge >= 0.3 is 6.85 Å². The van der Waals surface area contributed by atoms with Crippen LogP contribution in [0.3, 0.4) is 0 Å². The first-order chi connectivity index (χ1) is 46.9. The van der Waals surface area contributed by atoms with Crippen molar-refractivity contribution in [3.05, 3.63) is 313 Å². The summed E-state index contributed by atoms with van der Waals surface area (Å²) in [6, 6.07) is 105. The van der Waals surface area contributed by atoms with E-state index in [0.717, 1.165) is 124 Å². The number of ether oxygens (including phenoxy) is 1. The highest BCUT2D eigenvalue weighted by Crippen LogP contribution is 2.59. The predicted molar refractivity (Wildman–Crippen MR) is 389 cm³/mol. The molecule has 0 atom stereocenters. The molecule has 16 aromatic rings. The van der Waals surface area contributed by atoms with Crippen LogP contribution < -0.4 is 46.8 Å². The van der Waals surface area contributed by atoms with Crippen LogP contribution in [-0.4, -0.2) is 27.4 Å². The van der Waals surface area contributed by atoms with Crippen molar-refractivity contribution in [2.24, 2.45) is 0 Å². The SMILES string of the molecule is CC1(C)c2ccccc2N(c2ccccc2)c2oc3c4c5c(cc3c21)N(c1cccc(-c2ccc3c(c2)Oc2cccc6c2B3n2c3c-6cccc3n3c6cccc(C7c8ccccc8-c8ccccc87)c6nc23)c1)c1ccccc1B5c1ccccc1N4c1ccccc1. The highest BCUT2D eigenvalue weighted by Gasteiger charge is 2.49. The van der Waals surface area contributed by atoms with Gasteiger partial charge in [-0.1, -0.05) is 214 Å². The van der Waals surface area contributed by atoms with Crippen LogP contribution in [0.4, 0.5) is 51.4 Å². The monoisotopic (exact) mass is 1210 g/mol. The second-order valence-electron chi connectivity index (χ2n) is 26.8. The van der Waals surface area contributed by atoms with Gasteiger partial charge < -0.3 is 23.4 Å². The van der Waals surface area contributed by atoms with Gasteiger partial charge in [-0.15, -0.1) is 0 Å². The second kappa shape index (κ2) is 18.6. The summed E-state index contributed by atoms with van der Waals surface area (Å²) in [6.07, 6.45) is 0. The third kappa shape index (κ3) is 6.69. The summed E-state index contributed by atoms with van der Waals surface area (Å²) in [5.74, 6) is 3.51. The van der Waals surface area contributed by atoms with E-state index in [4.69, 9.17) is 14.1 Å². The number of hydrogen-bond acceptors (Lipinski definition) is 6.